The number of phenolic OH excluding ortho intramolecular Hbond substituents is 3. The highest BCUT2D eigenvalue weighted by atomic mass is 16.6. The Hall–Kier alpha value is -4.27. The average Bonchev–Trinajstić information content (AvgIpc) is 2.76. The number of aromatic hydroxyl groups is 3. The summed E-state index contributed by atoms with van der Waals surface area (Å²) in [6.45, 7) is 0.512. The molecule has 0 bridgehead atoms. The number of esters is 3. The molecular formula is C23H22O9. The van der Waals surface area contributed by atoms with E-state index in [1.54, 1.807) is 12.1 Å². The first-order chi connectivity index (χ1) is 15.2. The summed E-state index contributed by atoms with van der Waals surface area (Å²) in [7, 11) is 0. The van der Waals surface area contributed by atoms with Crippen LogP contribution in [0.2, 0.25) is 0 Å². The van der Waals surface area contributed by atoms with Crippen molar-refractivity contribution in [3.05, 3.63) is 65.7 Å². The summed E-state index contributed by atoms with van der Waals surface area (Å²) in [5.41, 5.74) is 1.09. The fraction of sp³-hybridized carbons (Fsp3) is 0.174. The van der Waals surface area contributed by atoms with Gasteiger partial charge in [-0.1, -0.05) is 18.2 Å². The zero-order valence-electron chi connectivity index (χ0n) is 17.1. The number of carbonyl (C=O) groups is 3. The average molecular weight is 442 g/mol. The number of rotatable bonds is 9. The lowest BCUT2D eigenvalue weighted by atomic mass is 10.2. The fourth-order valence-corrected chi connectivity index (χ4v) is 2.31. The maximum atomic E-state index is 12.1. The van der Waals surface area contributed by atoms with Gasteiger partial charge in [0.2, 0.25) is 0 Å². The molecule has 9 nitrogen and oxygen atoms in total. The van der Waals surface area contributed by atoms with Gasteiger partial charge in [-0.25, -0.2) is 9.59 Å². The van der Waals surface area contributed by atoms with Gasteiger partial charge >= 0.3 is 17.9 Å². The summed E-state index contributed by atoms with van der Waals surface area (Å²) in [6.07, 6.45) is 4.00. The van der Waals surface area contributed by atoms with Gasteiger partial charge in [0.25, 0.3) is 0 Å². The molecule has 0 aliphatic carbocycles. The summed E-state index contributed by atoms with van der Waals surface area (Å²) in [6, 6.07) is 10.1. The minimum atomic E-state index is -1.05. The number of carbonyl (C=O) groups excluding carboxylic acids is 3. The molecule has 0 amide bonds. The van der Waals surface area contributed by atoms with Crippen molar-refractivity contribution in [1.29, 1.82) is 0 Å². The summed E-state index contributed by atoms with van der Waals surface area (Å²) < 4.78 is 15.0. The summed E-state index contributed by atoms with van der Waals surface area (Å²) in [5.74, 6) is -2.66. The van der Waals surface area contributed by atoms with E-state index in [-0.39, 0.29) is 30.5 Å². The fourth-order valence-electron chi connectivity index (χ4n) is 2.31. The van der Waals surface area contributed by atoms with Crippen molar-refractivity contribution in [3.63, 3.8) is 0 Å². The van der Waals surface area contributed by atoms with E-state index in [0.717, 1.165) is 12.2 Å². The molecule has 0 spiro atoms. The van der Waals surface area contributed by atoms with Crippen molar-refractivity contribution in [3.8, 4) is 17.2 Å². The standard InChI is InChI=1S/C23H22O9/c1-15(24)30-13-19(14-31-22(28)10-5-16-2-7-18(25)8-3-16)32-23(29)11-6-17-4-9-20(26)21(27)12-17/h2-12,19,25-27H,13-14H2,1H3/b10-5+,11-6+. The lowest BCUT2D eigenvalue weighted by molar-refractivity contribution is -0.161. The van der Waals surface area contributed by atoms with Crippen molar-refractivity contribution in [1.82, 2.24) is 0 Å². The van der Waals surface area contributed by atoms with E-state index in [1.165, 1.54) is 49.4 Å². The molecule has 0 radical (unpaired) electrons. The predicted octanol–water partition coefficient (Wildman–Crippen LogP) is 2.55. The molecule has 0 aromatic heterocycles. The maximum absolute atomic E-state index is 12.1. The van der Waals surface area contributed by atoms with Gasteiger partial charge in [-0.05, 0) is 47.5 Å². The minimum absolute atomic E-state index is 0.0936. The molecule has 0 aliphatic heterocycles. The van der Waals surface area contributed by atoms with Crippen LogP contribution >= 0.6 is 0 Å². The molecule has 168 valence electrons. The molecule has 2 aromatic carbocycles. The van der Waals surface area contributed by atoms with E-state index < -0.39 is 24.0 Å². The molecule has 0 heterocycles. The van der Waals surface area contributed by atoms with Crippen LogP contribution in [0.25, 0.3) is 12.2 Å². The Bertz CT molecular complexity index is 1010. The van der Waals surface area contributed by atoms with E-state index in [2.05, 4.69) is 0 Å². The highest BCUT2D eigenvalue weighted by molar-refractivity contribution is 5.88. The molecule has 1 atom stereocenters. The van der Waals surface area contributed by atoms with Crippen LogP contribution in [0.5, 0.6) is 17.2 Å². The zero-order chi connectivity index (χ0) is 23.5. The van der Waals surface area contributed by atoms with E-state index in [9.17, 15) is 29.7 Å². The molecule has 2 rings (SSSR count). The minimum Gasteiger partial charge on any atom is -0.508 e. The van der Waals surface area contributed by atoms with Crippen LogP contribution in [0.15, 0.2) is 54.6 Å². The number of hydrogen-bond donors (Lipinski definition) is 3. The second-order valence-electron chi connectivity index (χ2n) is 6.50. The van der Waals surface area contributed by atoms with Crippen LogP contribution < -0.4 is 0 Å². The van der Waals surface area contributed by atoms with Gasteiger partial charge in [-0.15, -0.1) is 0 Å². The third kappa shape index (κ3) is 8.62. The molecule has 3 N–H and O–H groups in total. The summed E-state index contributed by atoms with van der Waals surface area (Å²) in [5, 5.41) is 28.0. The number of benzene rings is 2. The second-order valence-corrected chi connectivity index (χ2v) is 6.50. The van der Waals surface area contributed by atoms with Crippen LogP contribution in [-0.4, -0.2) is 52.5 Å². The molecule has 2 aromatic rings. The smallest absolute Gasteiger partial charge is 0.331 e. The molecule has 1 unspecified atom stereocenters. The Balaban J connectivity index is 1.92. The van der Waals surface area contributed by atoms with Crippen molar-refractivity contribution in [2.75, 3.05) is 13.2 Å². The quantitative estimate of drug-likeness (QED) is 0.231. The predicted molar refractivity (Wildman–Crippen MR) is 113 cm³/mol. The first kappa shape index (κ1) is 24.0. The first-order valence-electron chi connectivity index (χ1n) is 9.41. The number of phenols is 3. The van der Waals surface area contributed by atoms with Gasteiger partial charge in [0.05, 0.1) is 0 Å². The second kappa shape index (κ2) is 11.8. The highest BCUT2D eigenvalue weighted by Gasteiger charge is 2.17. The lowest BCUT2D eigenvalue weighted by Crippen LogP contribution is -2.29. The first-order valence-corrected chi connectivity index (χ1v) is 9.41. The van der Waals surface area contributed by atoms with E-state index in [0.29, 0.717) is 11.1 Å². The van der Waals surface area contributed by atoms with Gasteiger partial charge in [0.1, 0.15) is 19.0 Å². The molecule has 0 saturated carbocycles. The molecular weight excluding hydrogens is 420 g/mol. The summed E-state index contributed by atoms with van der Waals surface area (Å²) in [4.78, 5) is 35.1. The Morgan fingerprint density at radius 1 is 0.812 bits per heavy atom. The molecule has 9 heteroatoms. The van der Waals surface area contributed by atoms with Crippen LogP contribution in [-0.2, 0) is 28.6 Å². The SMILES string of the molecule is CC(=O)OCC(COC(=O)/C=C/c1ccc(O)cc1)OC(=O)/C=C/c1ccc(O)c(O)c1. The summed E-state index contributed by atoms with van der Waals surface area (Å²) >= 11 is 0. The maximum Gasteiger partial charge on any atom is 0.331 e. The van der Waals surface area contributed by atoms with Crippen LogP contribution in [0, 0.1) is 0 Å². The number of hydrogen-bond acceptors (Lipinski definition) is 9. The number of ether oxygens (including phenoxy) is 3. The monoisotopic (exact) mass is 442 g/mol. The molecule has 0 aliphatic rings. The Labute approximate surface area is 183 Å². The Morgan fingerprint density at radius 2 is 1.41 bits per heavy atom. The van der Waals surface area contributed by atoms with E-state index in [4.69, 9.17) is 14.2 Å². The Morgan fingerprint density at radius 3 is 2.06 bits per heavy atom. The molecule has 0 saturated heterocycles. The van der Waals surface area contributed by atoms with Gasteiger partial charge in [-0.2, -0.15) is 0 Å². The normalized spacial score (nSPS) is 11.9. The topological polar surface area (TPSA) is 140 Å². The largest absolute Gasteiger partial charge is 0.508 e. The molecule has 0 fully saturated rings. The van der Waals surface area contributed by atoms with Gasteiger partial charge in [-0.3, -0.25) is 4.79 Å². The van der Waals surface area contributed by atoms with E-state index in [1.807, 2.05) is 0 Å². The molecule has 32 heavy (non-hydrogen) atoms. The third-order valence-electron chi connectivity index (χ3n) is 3.88. The lowest BCUT2D eigenvalue weighted by Gasteiger charge is -2.16. The van der Waals surface area contributed by atoms with E-state index >= 15 is 0 Å². The van der Waals surface area contributed by atoms with Crippen molar-refractivity contribution in [2.45, 2.75) is 13.0 Å². The third-order valence-corrected chi connectivity index (χ3v) is 3.88. The zero-order valence-corrected chi connectivity index (χ0v) is 17.1. The highest BCUT2D eigenvalue weighted by Crippen LogP contribution is 2.25. The Kier molecular flexibility index (Phi) is 8.85. The van der Waals surface area contributed by atoms with Crippen molar-refractivity contribution in [2.24, 2.45) is 0 Å². The van der Waals surface area contributed by atoms with Crippen molar-refractivity contribution >= 4 is 30.1 Å². The van der Waals surface area contributed by atoms with Crippen LogP contribution in [0.3, 0.4) is 0 Å². The van der Waals surface area contributed by atoms with Crippen LogP contribution in [0.1, 0.15) is 18.1 Å². The van der Waals surface area contributed by atoms with Crippen molar-refractivity contribution < 1.29 is 43.9 Å². The van der Waals surface area contributed by atoms with Gasteiger partial charge in [0.15, 0.2) is 17.6 Å². The van der Waals surface area contributed by atoms with Crippen LogP contribution in [0.4, 0.5) is 0 Å². The van der Waals surface area contributed by atoms with Gasteiger partial charge in [0, 0.05) is 19.1 Å². The van der Waals surface area contributed by atoms with Gasteiger partial charge < -0.3 is 29.5 Å².